The van der Waals surface area contributed by atoms with Crippen molar-refractivity contribution in [2.24, 2.45) is 0 Å². The van der Waals surface area contributed by atoms with Crippen molar-refractivity contribution in [3.63, 3.8) is 0 Å². The van der Waals surface area contributed by atoms with E-state index in [1.54, 1.807) is 43.4 Å². The van der Waals surface area contributed by atoms with Gasteiger partial charge in [0.05, 0.1) is 14.2 Å². The summed E-state index contributed by atoms with van der Waals surface area (Å²) in [5.41, 5.74) is 1.36. The molecular formula is C20H21N3O4. The molecule has 0 aliphatic heterocycles. The maximum atomic E-state index is 12.8. The molecule has 7 nitrogen and oxygen atoms in total. The van der Waals surface area contributed by atoms with Crippen LogP contribution in [0.1, 0.15) is 23.2 Å². The fourth-order valence-corrected chi connectivity index (χ4v) is 2.61. The average molecular weight is 367 g/mol. The zero-order valence-corrected chi connectivity index (χ0v) is 15.5. The Bertz CT molecular complexity index is 906. The molecule has 3 aromatic rings. The number of carbonyl (C=O) groups excluding carboxylic acids is 1. The van der Waals surface area contributed by atoms with Crippen molar-refractivity contribution in [3.05, 3.63) is 60.0 Å². The number of carbonyl (C=O) groups is 1. The highest BCUT2D eigenvalue weighted by Gasteiger charge is 2.18. The average Bonchev–Trinajstić information content (AvgIpc) is 3.20. The molecule has 0 fully saturated rings. The van der Waals surface area contributed by atoms with Crippen molar-refractivity contribution in [2.45, 2.75) is 13.5 Å². The number of ether oxygens (including phenoxy) is 2. The molecule has 1 heterocycles. The van der Waals surface area contributed by atoms with Gasteiger partial charge in [-0.25, -0.2) is 0 Å². The van der Waals surface area contributed by atoms with Crippen LogP contribution in [0.15, 0.2) is 53.1 Å². The van der Waals surface area contributed by atoms with E-state index in [0.717, 1.165) is 11.3 Å². The molecule has 0 saturated heterocycles. The molecule has 0 aliphatic rings. The lowest BCUT2D eigenvalue weighted by atomic mass is 10.2. The van der Waals surface area contributed by atoms with E-state index >= 15 is 0 Å². The van der Waals surface area contributed by atoms with Gasteiger partial charge in [-0.3, -0.25) is 4.79 Å². The first kappa shape index (κ1) is 18.4. The van der Waals surface area contributed by atoms with Crippen LogP contribution in [0, 0.1) is 0 Å². The lowest BCUT2D eigenvalue weighted by Crippen LogP contribution is -2.30. The fraction of sp³-hybridized carbons (Fsp3) is 0.250. The van der Waals surface area contributed by atoms with Crippen molar-refractivity contribution < 1.29 is 18.8 Å². The summed E-state index contributed by atoms with van der Waals surface area (Å²) in [5, 5.41) is 4.00. The highest BCUT2D eigenvalue weighted by Crippen LogP contribution is 2.21. The maximum absolute atomic E-state index is 12.8. The highest BCUT2D eigenvalue weighted by molar-refractivity contribution is 5.94. The quantitative estimate of drug-likeness (QED) is 0.637. The summed E-state index contributed by atoms with van der Waals surface area (Å²) in [7, 11) is 3.18. The molecule has 0 aliphatic carbocycles. The van der Waals surface area contributed by atoms with Crippen molar-refractivity contribution in [3.8, 4) is 22.9 Å². The normalized spacial score (nSPS) is 10.5. The number of aromatic nitrogens is 2. The van der Waals surface area contributed by atoms with Gasteiger partial charge in [-0.1, -0.05) is 11.2 Å². The van der Waals surface area contributed by atoms with Crippen molar-refractivity contribution in [1.82, 2.24) is 15.0 Å². The van der Waals surface area contributed by atoms with Crippen LogP contribution in [0.4, 0.5) is 0 Å². The van der Waals surface area contributed by atoms with Gasteiger partial charge in [0.25, 0.3) is 5.91 Å². The number of hydrogen-bond acceptors (Lipinski definition) is 6. The van der Waals surface area contributed by atoms with Gasteiger partial charge >= 0.3 is 0 Å². The largest absolute Gasteiger partial charge is 0.497 e. The van der Waals surface area contributed by atoms with Crippen LogP contribution in [0.25, 0.3) is 11.4 Å². The van der Waals surface area contributed by atoms with Gasteiger partial charge in [-0.2, -0.15) is 4.98 Å². The third-order valence-corrected chi connectivity index (χ3v) is 4.13. The topological polar surface area (TPSA) is 77.7 Å². The van der Waals surface area contributed by atoms with Gasteiger partial charge in [0, 0.05) is 17.7 Å². The van der Waals surface area contributed by atoms with E-state index in [4.69, 9.17) is 14.0 Å². The summed E-state index contributed by atoms with van der Waals surface area (Å²) in [4.78, 5) is 18.8. The number of hydrogen-bond donors (Lipinski definition) is 0. The van der Waals surface area contributed by atoms with Crippen LogP contribution in [0.5, 0.6) is 11.5 Å². The molecule has 1 amide bonds. The van der Waals surface area contributed by atoms with Gasteiger partial charge < -0.3 is 18.9 Å². The maximum Gasteiger partial charge on any atom is 0.254 e. The smallest absolute Gasteiger partial charge is 0.254 e. The Labute approximate surface area is 157 Å². The van der Waals surface area contributed by atoms with E-state index in [2.05, 4.69) is 10.1 Å². The van der Waals surface area contributed by atoms with Crippen LogP contribution in [0.3, 0.4) is 0 Å². The minimum atomic E-state index is -0.124. The summed E-state index contributed by atoms with van der Waals surface area (Å²) in [6, 6.07) is 14.4. The van der Waals surface area contributed by atoms with Crippen LogP contribution in [-0.4, -0.2) is 41.7 Å². The number of amides is 1. The summed E-state index contributed by atoms with van der Waals surface area (Å²) in [6.45, 7) is 2.64. The first-order valence-corrected chi connectivity index (χ1v) is 8.55. The molecule has 7 heteroatoms. The van der Waals surface area contributed by atoms with Gasteiger partial charge in [0.1, 0.15) is 18.0 Å². The Morgan fingerprint density at radius 2 is 1.81 bits per heavy atom. The lowest BCUT2D eigenvalue weighted by molar-refractivity contribution is 0.0734. The van der Waals surface area contributed by atoms with Gasteiger partial charge in [0.2, 0.25) is 11.7 Å². The highest BCUT2D eigenvalue weighted by atomic mass is 16.5. The number of nitrogens with zero attached hydrogens (tertiary/aromatic N) is 3. The first-order chi connectivity index (χ1) is 13.1. The van der Waals surface area contributed by atoms with Crippen LogP contribution < -0.4 is 9.47 Å². The van der Waals surface area contributed by atoms with E-state index < -0.39 is 0 Å². The number of rotatable bonds is 7. The Balaban J connectivity index is 1.74. The van der Waals surface area contributed by atoms with Gasteiger partial charge in [-0.15, -0.1) is 0 Å². The third kappa shape index (κ3) is 4.25. The number of methoxy groups -OCH3 is 2. The van der Waals surface area contributed by atoms with E-state index in [1.807, 2.05) is 31.2 Å². The molecule has 27 heavy (non-hydrogen) atoms. The molecule has 2 aromatic carbocycles. The van der Waals surface area contributed by atoms with Crippen LogP contribution in [-0.2, 0) is 6.54 Å². The Hall–Kier alpha value is -3.35. The Morgan fingerprint density at radius 1 is 1.07 bits per heavy atom. The lowest BCUT2D eigenvalue weighted by Gasteiger charge is -2.19. The third-order valence-electron chi connectivity index (χ3n) is 4.13. The number of benzene rings is 2. The summed E-state index contributed by atoms with van der Waals surface area (Å²) >= 11 is 0. The van der Waals surface area contributed by atoms with Crippen LogP contribution >= 0.6 is 0 Å². The second-order valence-electron chi connectivity index (χ2n) is 5.79. The Kier molecular flexibility index (Phi) is 5.71. The fourth-order valence-electron chi connectivity index (χ4n) is 2.61. The minimum Gasteiger partial charge on any atom is -0.497 e. The molecule has 140 valence electrons. The SMILES string of the molecule is CCN(Cc1nc(-c2ccc(OC)cc2)no1)C(=O)c1cccc(OC)c1. The minimum absolute atomic E-state index is 0.124. The van der Waals surface area contributed by atoms with Crippen LogP contribution in [0.2, 0.25) is 0 Å². The zero-order valence-electron chi connectivity index (χ0n) is 15.5. The molecule has 0 bridgehead atoms. The summed E-state index contributed by atoms with van der Waals surface area (Å²) in [6.07, 6.45) is 0. The second kappa shape index (κ2) is 8.35. The molecule has 0 saturated carbocycles. The van der Waals surface area contributed by atoms with Crippen molar-refractivity contribution in [1.29, 1.82) is 0 Å². The Morgan fingerprint density at radius 3 is 2.48 bits per heavy atom. The molecule has 0 atom stereocenters. The molecule has 0 unspecified atom stereocenters. The van der Waals surface area contributed by atoms with E-state index in [1.165, 1.54) is 0 Å². The zero-order chi connectivity index (χ0) is 19.2. The van der Waals surface area contributed by atoms with E-state index in [9.17, 15) is 4.79 Å². The van der Waals surface area contributed by atoms with E-state index in [0.29, 0.717) is 29.6 Å². The van der Waals surface area contributed by atoms with E-state index in [-0.39, 0.29) is 12.5 Å². The molecule has 0 N–H and O–H groups in total. The molecule has 3 rings (SSSR count). The summed E-state index contributed by atoms with van der Waals surface area (Å²) < 4.78 is 15.7. The molecule has 1 aromatic heterocycles. The first-order valence-electron chi connectivity index (χ1n) is 8.55. The molecular weight excluding hydrogens is 346 g/mol. The predicted octanol–water partition coefficient (Wildman–Crippen LogP) is 3.42. The van der Waals surface area contributed by atoms with Gasteiger partial charge in [0.15, 0.2) is 0 Å². The molecule has 0 radical (unpaired) electrons. The standard InChI is InChI=1S/C20H21N3O4/c1-4-23(20(24)15-6-5-7-17(12-15)26-3)13-18-21-19(22-27-18)14-8-10-16(25-2)11-9-14/h5-12H,4,13H2,1-3H3. The molecule has 0 spiro atoms. The monoisotopic (exact) mass is 367 g/mol. The second-order valence-corrected chi connectivity index (χ2v) is 5.79. The summed E-state index contributed by atoms with van der Waals surface area (Å²) in [5.74, 6) is 2.11. The van der Waals surface area contributed by atoms with Crippen molar-refractivity contribution in [2.75, 3.05) is 20.8 Å². The van der Waals surface area contributed by atoms with Crippen molar-refractivity contribution >= 4 is 5.91 Å². The predicted molar refractivity (Wildman–Crippen MR) is 99.7 cm³/mol. The van der Waals surface area contributed by atoms with Gasteiger partial charge in [-0.05, 0) is 49.4 Å².